The first-order valence-electron chi connectivity index (χ1n) is 5.40. The Kier molecular flexibility index (Phi) is 1.95. The number of anilines is 1. The fraction of sp³-hybridized carbons (Fsp3) is 0.500. The Hall–Kier alpha value is -1.85. The first-order valence-corrected chi connectivity index (χ1v) is 5.40. The van der Waals surface area contributed by atoms with E-state index >= 15 is 0 Å². The fourth-order valence-corrected chi connectivity index (χ4v) is 1.83. The van der Waals surface area contributed by atoms with E-state index in [0.29, 0.717) is 5.65 Å². The molecule has 16 heavy (non-hydrogen) atoms. The third kappa shape index (κ3) is 1.56. The molecule has 0 aliphatic heterocycles. The van der Waals surface area contributed by atoms with Crippen LogP contribution in [0.1, 0.15) is 13.3 Å². The maximum absolute atomic E-state index is 11.2. The molecule has 3 rings (SSSR count). The van der Waals surface area contributed by atoms with E-state index in [1.807, 2.05) is 0 Å². The lowest BCUT2D eigenvalue weighted by Gasteiger charge is -2.03. The molecule has 2 aromatic rings. The summed E-state index contributed by atoms with van der Waals surface area (Å²) in [5.74, 6) is 2.36. The molecule has 0 aromatic carbocycles. The maximum atomic E-state index is 11.2. The van der Waals surface area contributed by atoms with Gasteiger partial charge in [0.1, 0.15) is 12.1 Å². The predicted octanol–water partition coefficient (Wildman–Crippen LogP) is 0.485. The van der Waals surface area contributed by atoms with Gasteiger partial charge in [-0.15, -0.1) is 0 Å². The highest BCUT2D eigenvalue weighted by atomic mass is 16.1. The van der Waals surface area contributed by atoms with E-state index in [9.17, 15) is 4.79 Å². The Morgan fingerprint density at radius 2 is 2.50 bits per heavy atom. The summed E-state index contributed by atoms with van der Waals surface area (Å²) in [5.41, 5.74) is 0.330. The number of rotatable bonds is 3. The van der Waals surface area contributed by atoms with Crippen molar-refractivity contribution in [3.05, 3.63) is 22.9 Å². The number of aromatic amines is 1. The lowest BCUT2D eigenvalue weighted by atomic mass is 10.3. The van der Waals surface area contributed by atoms with Crippen LogP contribution in [0.4, 0.5) is 5.82 Å². The van der Waals surface area contributed by atoms with Gasteiger partial charge in [-0.2, -0.15) is 5.10 Å². The van der Waals surface area contributed by atoms with Crippen molar-refractivity contribution in [2.75, 3.05) is 11.9 Å². The monoisotopic (exact) mass is 219 g/mol. The van der Waals surface area contributed by atoms with E-state index in [1.54, 1.807) is 6.07 Å². The molecule has 2 N–H and O–H groups in total. The summed E-state index contributed by atoms with van der Waals surface area (Å²) in [4.78, 5) is 15.4. The van der Waals surface area contributed by atoms with E-state index in [4.69, 9.17) is 0 Å². The minimum atomic E-state index is -0.259. The number of H-pyrrole nitrogens is 1. The van der Waals surface area contributed by atoms with Crippen molar-refractivity contribution in [1.82, 2.24) is 19.6 Å². The molecular weight excluding hydrogens is 206 g/mol. The van der Waals surface area contributed by atoms with Gasteiger partial charge in [0.25, 0.3) is 0 Å². The standard InChI is InChI=1S/C10H13N5O/c1-6-2-7(6)4-11-8-3-9-13-14-10(16)15(9)5-12-8/h3,5-7,11H,2,4H2,1H3,(H,14,16). The zero-order valence-corrected chi connectivity index (χ0v) is 8.97. The van der Waals surface area contributed by atoms with E-state index in [0.717, 1.165) is 24.2 Å². The number of hydrogen-bond donors (Lipinski definition) is 2. The molecule has 0 bridgehead atoms. The van der Waals surface area contributed by atoms with Crippen LogP contribution in [0.25, 0.3) is 5.65 Å². The fourth-order valence-electron chi connectivity index (χ4n) is 1.83. The molecule has 0 saturated heterocycles. The van der Waals surface area contributed by atoms with Crippen LogP contribution in [0.5, 0.6) is 0 Å². The molecule has 0 radical (unpaired) electrons. The smallest absolute Gasteiger partial charge is 0.348 e. The molecule has 1 saturated carbocycles. The summed E-state index contributed by atoms with van der Waals surface area (Å²) >= 11 is 0. The zero-order valence-electron chi connectivity index (χ0n) is 8.97. The normalized spacial score (nSPS) is 23.6. The van der Waals surface area contributed by atoms with Crippen molar-refractivity contribution >= 4 is 11.5 Å². The van der Waals surface area contributed by atoms with Gasteiger partial charge in [-0.1, -0.05) is 6.92 Å². The van der Waals surface area contributed by atoms with E-state index in [1.165, 1.54) is 17.1 Å². The molecule has 2 aromatic heterocycles. The largest absolute Gasteiger partial charge is 0.370 e. The van der Waals surface area contributed by atoms with Crippen LogP contribution in [-0.4, -0.2) is 26.1 Å². The molecule has 1 fully saturated rings. The number of aromatic nitrogens is 4. The Morgan fingerprint density at radius 1 is 1.69 bits per heavy atom. The molecule has 2 heterocycles. The highest BCUT2D eigenvalue weighted by Crippen LogP contribution is 2.37. The Bertz CT molecular complexity index is 572. The molecular formula is C10H13N5O. The molecule has 1 aliphatic carbocycles. The quantitative estimate of drug-likeness (QED) is 0.787. The molecule has 2 unspecified atom stereocenters. The average molecular weight is 219 g/mol. The molecule has 84 valence electrons. The summed E-state index contributed by atoms with van der Waals surface area (Å²) in [7, 11) is 0. The molecule has 6 nitrogen and oxygen atoms in total. The van der Waals surface area contributed by atoms with Gasteiger partial charge >= 0.3 is 5.69 Å². The minimum Gasteiger partial charge on any atom is -0.370 e. The Morgan fingerprint density at radius 3 is 3.25 bits per heavy atom. The summed E-state index contributed by atoms with van der Waals surface area (Å²) in [5, 5.41) is 9.52. The van der Waals surface area contributed by atoms with Crippen LogP contribution >= 0.6 is 0 Å². The second kappa shape index (κ2) is 3.33. The third-order valence-corrected chi connectivity index (χ3v) is 3.13. The van der Waals surface area contributed by atoms with Crippen LogP contribution in [0.15, 0.2) is 17.2 Å². The SMILES string of the molecule is CC1CC1CNc1cc2n[nH]c(=O)n2cn1. The minimum absolute atomic E-state index is 0.259. The van der Waals surface area contributed by atoms with Crippen molar-refractivity contribution in [2.45, 2.75) is 13.3 Å². The zero-order chi connectivity index (χ0) is 11.1. The van der Waals surface area contributed by atoms with Crippen LogP contribution in [0.3, 0.4) is 0 Å². The van der Waals surface area contributed by atoms with Crippen molar-refractivity contribution in [3.63, 3.8) is 0 Å². The van der Waals surface area contributed by atoms with Crippen molar-refractivity contribution in [1.29, 1.82) is 0 Å². The van der Waals surface area contributed by atoms with Gasteiger partial charge < -0.3 is 5.32 Å². The maximum Gasteiger partial charge on any atom is 0.348 e. The van der Waals surface area contributed by atoms with Gasteiger partial charge in [-0.05, 0) is 18.3 Å². The van der Waals surface area contributed by atoms with Gasteiger partial charge in [-0.25, -0.2) is 19.3 Å². The summed E-state index contributed by atoms with van der Waals surface area (Å²) in [6, 6.07) is 1.77. The number of hydrogen-bond acceptors (Lipinski definition) is 4. The summed E-state index contributed by atoms with van der Waals surface area (Å²) < 4.78 is 1.38. The van der Waals surface area contributed by atoms with Gasteiger partial charge in [0, 0.05) is 12.6 Å². The molecule has 1 aliphatic rings. The number of nitrogens with zero attached hydrogens (tertiary/aromatic N) is 3. The van der Waals surface area contributed by atoms with Crippen LogP contribution in [0.2, 0.25) is 0 Å². The number of fused-ring (bicyclic) bond motifs is 1. The van der Waals surface area contributed by atoms with Crippen molar-refractivity contribution in [3.8, 4) is 0 Å². The average Bonchev–Trinajstić information content (AvgIpc) is 2.87. The van der Waals surface area contributed by atoms with Gasteiger partial charge in [0.05, 0.1) is 0 Å². The van der Waals surface area contributed by atoms with Gasteiger partial charge in [0.2, 0.25) is 0 Å². The predicted molar refractivity (Wildman–Crippen MR) is 59.4 cm³/mol. The summed E-state index contributed by atoms with van der Waals surface area (Å²) in [6.07, 6.45) is 2.77. The highest BCUT2D eigenvalue weighted by Gasteiger charge is 2.31. The van der Waals surface area contributed by atoms with E-state index in [-0.39, 0.29) is 5.69 Å². The number of nitrogens with one attached hydrogen (secondary N) is 2. The molecule has 6 heteroatoms. The molecule has 0 spiro atoms. The van der Waals surface area contributed by atoms with Crippen LogP contribution < -0.4 is 11.0 Å². The topological polar surface area (TPSA) is 75.1 Å². The second-order valence-corrected chi connectivity index (χ2v) is 4.39. The van der Waals surface area contributed by atoms with Gasteiger partial charge in [0.15, 0.2) is 5.65 Å². The molecule has 0 amide bonds. The first-order chi connectivity index (χ1) is 7.74. The first kappa shape index (κ1) is 9.38. The van der Waals surface area contributed by atoms with Crippen molar-refractivity contribution < 1.29 is 0 Å². The van der Waals surface area contributed by atoms with E-state index < -0.39 is 0 Å². The Labute approximate surface area is 91.7 Å². The van der Waals surface area contributed by atoms with E-state index in [2.05, 4.69) is 27.4 Å². The lowest BCUT2D eigenvalue weighted by molar-refractivity contribution is 0.784. The molecule has 2 atom stereocenters. The van der Waals surface area contributed by atoms with Gasteiger partial charge in [-0.3, -0.25) is 0 Å². The van der Waals surface area contributed by atoms with Crippen LogP contribution in [0, 0.1) is 11.8 Å². The third-order valence-electron chi connectivity index (χ3n) is 3.13. The van der Waals surface area contributed by atoms with Crippen molar-refractivity contribution in [2.24, 2.45) is 11.8 Å². The van der Waals surface area contributed by atoms with Crippen LogP contribution in [-0.2, 0) is 0 Å². The highest BCUT2D eigenvalue weighted by molar-refractivity contribution is 5.48. The summed E-state index contributed by atoms with van der Waals surface area (Å²) in [6.45, 7) is 3.19. The Balaban J connectivity index is 1.79. The lowest BCUT2D eigenvalue weighted by Crippen LogP contribution is -2.11. The second-order valence-electron chi connectivity index (χ2n) is 4.39.